The van der Waals surface area contributed by atoms with Crippen molar-refractivity contribution in [1.29, 1.82) is 0 Å². The Morgan fingerprint density at radius 3 is 2.67 bits per heavy atom. The van der Waals surface area contributed by atoms with E-state index in [4.69, 9.17) is 0 Å². The molecule has 0 saturated heterocycles. The third-order valence-corrected chi connectivity index (χ3v) is 3.92. The zero-order chi connectivity index (χ0) is 13.3. The lowest BCUT2D eigenvalue weighted by Crippen LogP contribution is -2.17. The third-order valence-electron chi connectivity index (χ3n) is 3.92. The topological polar surface area (TPSA) is 41.1 Å². The van der Waals surface area contributed by atoms with Crippen LogP contribution in [0.1, 0.15) is 38.8 Å². The summed E-state index contributed by atoms with van der Waals surface area (Å²) in [6.45, 7) is 6.37. The number of rotatable bonds is 4. The molecule has 1 aliphatic rings. The fraction of sp³-hybridized carbons (Fsp3) is 0.533. The lowest BCUT2D eigenvalue weighted by Gasteiger charge is -2.13. The van der Waals surface area contributed by atoms with Gasteiger partial charge < -0.3 is 10.6 Å². The molecule has 1 amide bonds. The first kappa shape index (κ1) is 13.1. The van der Waals surface area contributed by atoms with E-state index in [1.165, 1.54) is 5.56 Å². The highest BCUT2D eigenvalue weighted by molar-refractivity contribution is 5.95. The van der Waals surface area contributed by atoms with E-state index < -0.39 is 0 Å². The Morgan fingerprint density at radius 1 is 1.44 bits per heavy atom. The molecule has 0 heterocycles. The number of hydrogen-bond donors (Lipinski definition) is 2. The van der Waals surface area contributed by atoms with Gasteiger partial charge in [-0.15, -0.1) is 0 Å². The summed E-state index contributed by atoms with van der Waals surface area (Å²) in [5.74, 6) is 0.317. The zero-order valence-corrected chi connectivity index (χ0v) is 11.6. The second kappa shape index (κ2) is 4.73. The number of anilines is 1. The van der Waals surface area contributed by atoms with Crippen molar-refractivity contribution in [2.24, 2.45) is 11.3 Å². The van der Waals surface area contributed by atoms with Gasteiger partial charge in [0.15, 0.2) is 0 Å². The van der Waals surface area contributed by atoms with Crippen molar-refractivity contribution in [3.05, 3.63) is 29.8 Å². The molecule has 2 atom stereocenters. The maximum absolute atomic E-state index is 12.0. The van der Waals surface area contributed by atoms with Crippen molar-refractivity contribution in [3.63, 3.8) is 0 Å². The van der Waals surface area contributed by atoms with Crippen LogP contribution in [0.3, 0.4) is 0 Å². The lowest BCUT2D eigenvalue weighted by molar-refractivity contribution is -0.117. The molecule has 0 spiro atoms. The molecule has 1 aromatic rings. The quantitative estimate of drug-likeness (QED) is 0.857. The summed E-state index contributed by atoms with van der Waals surface area (Å²) in [4.78, 5) is 12.0. The molecule has 2 N–H and O–H groups in total. The van der Waals surface area contributed by atoms with Crippen molar-refractivity contribution in [3.8, 4) is 0 Å². The SMILES string of the molecule is CNC(C)c1cccc(NC(=O)C2CC2(C)C)c1. The highest BCUT2D eigenvalue weighted by Gasteiger charge is 2.50. The van der Waals surface area contributed by atoms with Gasteiger partial charge in [0, 0.05) is 17.6 Å². The number of hydrogen-bond acceptors (Lipinski definition) is 2. The monoisotopic (exact) mass is 246 g/mol. The molecular formula is C15H22N2O. The second-order valence-corrected chi connectivity index (χ2v) is 5.87. The minimum atomic E-state index is 0.147. The fourth-order valence-corrected chi connectivity index (χ4v) is 2.20. The summed E-state index contributed by atoms with van der Waals surface area (Å²) in [5, 5.41) is 6.21. The highest BCUT2D eigenvalue weighted by atomic mass is 16.2. The van der Waals surface area contributed by atoms with E-state index in [1.54, 1.807) is 0 Å². The maximum atomic E-state index is 12.0. The van der Waals surface area contributed by atoms with E-state index in [9.17, 15) is 4.79 Å². The van der Waals surface area contributed by atoms with Gasteiger partial charge in [-0.2, -0.15) is 0 Å². The minimum Gasteiger partial charge on any atom is -0.326 e. The molecule has 98 valence electrons. The number of nitrogens with one attached hydrogen (secondary N) is 2. The Labute approximate surface area is 109 Å². The van der Waals surface area contributed by atoms with Crippen LogP contribution in [0.15, 0.2) is 24.3 Å². The number of amides is 1. The van der Waals surface area contributed by atoms with Gasteiger partial charge in [-0.1, -0.05) is 26.0 Å². The summed E-state index contributed by atoms with van der Waals surface area (Å²) < 4.78 is 0. The van der Waals surface area contributed by atoms with Gasteiger partial charge in [-0.05, 0) is 43.5 Å². The molecule has 0 aromatic heterocycles. The Balaban J connectivity index is 2.04. The molecule has 1 fully saturated rings. The van der Waals surface area contributed by atoms with E-state index in [0.717, 1.165) is 12.1 Å². The predicted molar refractivity (Wildman–Crippen MR) is 74.4 cm³/mol. The van der Waals surface area contributed by atoms with Gasteiger partial charge in [0.1, 0.15) is 0 Å². The average molecular weight is 246 g/mol. The predicted octanol–water partition coefficient (Wildman–Crippen LogP) is 2.95. The molecule has 0 aliphatic heterocycles. The van der Waals surface area contributed by atoms with Crippen LogP contribution in [-0.4, -0.2) is 13.0 Å². The summed E-state index contributed by atoms with van der Waals surface area (Å²) in [6, 6.07) is 8.32. The summed E-state index contributed by atoms with van der Waals surface area (Å²) in [7, 11) is 1.93. The van der Waals surface area contributed by atoms with Crippen LogP contribution in [0.5, 0.6) is 0 Å². The Bertz CT molecular complexity index is 454. The third kappa shape index (κ3) is 2.72. The van der Waals surface area contributed by atoms with Crippen LogP contribution in [-0.2, 0) is 4.79 Å². The first-order valence-electron chi connectivity index (χ1n) is 6.52. The molecule has 1 saturated carbocycles. The number of benzene rings is 1. The van der Waals surface area contributed by atoms with Gasteiger partial charge in [-0.25, -0.2) is 0 Å². The molecule has 0 radical (unpaired) electrons. The van der Waals surface area contributed by atoms with E-state index in [-0.39, 0.29) is 17.2 Å². The number of carbonyl (C=O) groups excluding carboxylic acids is 1. The largest absolute Gasteiger partial charge is 0.326 e. The van der Waals surface area contributed by atoms with Crippen LogP contribution in [0.4, 0.5) is 5.69 Å². The standard InChI is InChI=1S/C15H22N2O/c1-10(16-4)11-6-5-7-12(8-11)17-14(18)13-9-15(13,2)3/h5-8,10,13,16H,9H2,1-4H3,(H,17,18). The lowest BCUT2D eigenvalue weighted by atomic mass is 10.1. The summed E-state index contributed by atoms with van der Waals surface area (Å²) >= 11 is 0. The van der Waals surface area contributed by atoms with Crippen molar-refractivity contribution in [2.45, 2.75) is 33.2 Å². The molecule has 2 rings (SSSR count). The van der Waals surface area contributed by atoms with Gasteiger partial charge in [0.25, 0.3) is 0 Å². The Kier molecular flexibility index (Phi) is 3.44. The average Bonchev–Trinajstić information content (AvgIpc) is 2.98. The van der Waals surface area contributed by atoms with Crippen molar-refractivity contribution in [1.82, 2.24) is 5.32 Å². The van der Waals surface area contributed by atoms with E-state index >= 15 is 0 Å². The Morgan fingerprint density at radius 2 is 2.11 bits per heavy atom. The smallest absolute Gasteiger partial charge is 0.228 e. The van der Waals surface area contributed by atoms with E-state index in [1.807, 2.05) is 25.2 Å². The van der Waals surface area contributed by atoms with Crippen molar-refractivity contribution in [2.75, 3.05) is 12.4 Å². The minimum absolute atomic E-state index is 0.147. The molecule has 3 heteroatoms. The first-order valence-corrected chi connectivity index (χ1v) is 6.52. The molecule has 0 bridgehead atoms. The highest BCUT2D eigenvalue weighted by Crippen LogP contribution is 2.51. The van der Waals surface area contributed by atoms with Crippen LogP contribution < -0.4 is 10.6 Å². The van der Waals surface area contributed by atoms with Crippen LogP contribution in [0.2, 0.25) is 0 Å². The molecule has 3 nitrogen and oxygen atoms in total. The molecule has 1 aliphatic carbocycles. The van der Waals surface area contributed by atoms with E-state index in [2.05, 4.69) is 37.5 Å². The summed E-state index contributed by atoms with van der Waals surface area (Å²) in [5.41, 5.74) is 2.26. The first-order chi connectivity index (χ1) is 8.44. The number of carbonyl (C=O) groups is 1. The van der Waals surface area contributed by atoms with Crippen molar-refractivity contribution >= 4 is 11.6 Å². The van der Waals surface area contributed by atoms with Crippen LogP contribution in [0.25, 0.3) is 0 Å². The molecular weight excluding hydrogens is 224 g/mol. The van der Waals surface area contributed by atoms with Gasteiger partial charge in [0.05, 0.1) is 0 Å². The van der Waals surface area contributed by atoms with E-state index in [0.29, 0.717) is 6.04 Å². The van der Waals surface area contributed by atoms with Gasteiger partial charge in [-0.3, -0.25) is 4.79 Å². The zero-order valence-electron chi connectivity index (χ0n) is 11.6. The Hall–Kier alpha value is -1.35. The maximum Gasteiger partial charge on any atom is 0.228 e. The van der Waals surface area contributed by atoms with Crippen molar-refractivity contribution < 1.29 is 4.79 Å². The van der Waals surface area contributed by atoms with Crippen LogP contribution >= 0.6 is 0 Å². The normalized spacial score (nSPS) is 22.3. The second-order valence-electron chi connectivity index (χ2n) is 5.87. The van der Waals surface area contributed by atoms with Gasteiger partial charge >= 0.3 is 0 Å². The fourth-order valence-electron chi connectivity index (χ4n) is 2.20. The molecule has 18 heavy (non-hydrogen) atoms. The molecule has 1 aromatic carbocycles. The molecule has 2 unspecified atom stereocenters. The summed E-state index contributed by atoms with van der Waals surface area (Å²) in [6.07, 6.45) is 0.992. The van der Waals surface area contributed by atoms with Gasteiger partial charge in [0.2, 0.25) is 5.91 Å². The van der Waals surface area contributed by atoms with Crippen LogP contribution in [0, 0.1) is 11.3 Å².